The molecule has 0 spiro atoms. The highest BCUT2D eigenvalue weighted by atomic mass is 16.3. The molecular weight excluding hydrogens is 244 g/mol. The number of aliphatic hydroxyl groups is 1. The Kier molecular flexibility index (Phi) is 5.78. The molecule has 0 heterocycles. The van der Waals surface area contributed by atoms with Crippen LogP contribution in [0, 0.1) is 0 Å². The topological polar surface area (TPSA) is 72.8 Å². The number of rotatable bonds is 7. The van der Waals surface area contributed by atoms with E-state index in [4.69, 9.17) is 0 Å². The van der Waals surface area contributed by atoms with Crippen molar-refractivity contribution in [3.05, 3.63) is 55.1 Å². The van der Waals surface area contributed by atoms with Gasteiger partial charge in [-0.05, 0) is 23.8 Å². The number of aromatic hydroxyl groups is 1. The molecule has 0 aliphatic carbocycles. The Hall–Kier alpha value is -2.11. The zero-order valence-electron chi connectivity index (χ0n) is 10.6. The number of carbonyl (C=O) groups is 1. The lowest BCUT2D eigenvalue weighted by Crippen LogP contribution is -2.43. The maximum atomic E-state index is 11.2. The molecule has 0 bridgehead atoms. The van der Waals surface area contributed by atoms with Gasteiger partial charge in [0.25, 0.3) is 5.91 Å². The number of hydrazine groups is 1. The van der Waals surface area contributed by atoms with Crippen LogP contribution in [0.2, 0.25) is 0 Å². The Labute approximate surface area is 112 Å². The quantitative estimate of drug-likeness (QED) is 0.391. The van der Waals surface area contributed by atoms with Gasteiger partial charge in [0.2, 0.25) is 0 Å². The SMILES string of the molecule is C=CCN(CC(O)c1ccc(O)cc1)NC(=O)C=C. The van der Waals surface area contributed by atoms with E-state index in [1.807, 2.05) is 0 Å². The van der Waals surface area contributed by atoms with Crippen molar-refractivity contribution < 1.29 is 15.0 Å². The molecule has 1 unspecified atom stereocenters. The van der Waals surface area contributed by atoms with Gasteiger partial charge in [-0.25, -0.2) is 5.01 Å². The normalized spacial score (nSPS) is 11.9. The van der Waals surface area contributed by atoms with Gasteiger partial charge in [0.15, 0.2) is 0 Å². The largest absolute Gasteiger partial charge is 0.508 e. The molecule has 1 rings (SSSR count). The third-order valence-corrected chi connectivity index (χ3v) is 2.47. The van der Waals surface area contributed by atoms with E-state index < -0.39 is 6.10 Å². The van der Waals surface area contributed by atoms with Crippen molar-refractivity contribution in [2.75, 3.05) is 13.1 Å². The van der Waals surface area contributed by atoms with E-state index in [9.17, 15) is 15.0 Å². The number of benzene rings is 1. The molecule has 3 N–H and O–H groups in total. The number of carbonyl (C=O) groups excluding carboxylic acids is 1. The lowest BCUT2D eigenvalue weighted by Gasteiger charge is -2.24. The summed E-state index contributed by atoms with van der Waals surface area (Å²) in [6, 6.07) is 6.25. The summed E-state index contributed by atoms with van der Waals surface area (Å²) in [7, 11) is 0. The number of aliphatic hydroxyl groups excluding tert-OH is 1. The minimum absolute atomic E-state index is 0.138. The lowest BCUT2D eigenvalue weighted by atomic mass is 10.1. The van der Waals surface area contributed by atoms with Crippen LogP contribution in [0.3, 0.4) is 0 Å². The van der Waals surface area contributed by atoms with Crippen LogP contribution in [0.1, 0.15) is 11.7 Å². The average Bonchev–Trinajstić information content (AvgIpc) is 2.39. The summed E-state index contributed by atoms with van der Waals surface area (Å²) < 4.78 is 0. The van der Waals surface area contributed by atoms with E-state index in [0.717, 1.165) is 6.08 Å². The number of hydrogen-bond acceptors (Lipinski definition) is 4. The van der Waals surface area contributed by atoms with Crippen molar-refractivity contribution in [1.82, 2.24) is 10.4 Å². The van der Waals surface area contributed by atoms with Crippen LogP contribution in [0.4, 0.5) is 0 Å². The Morgan fingerprint density at radius 1 is 1.37 bits per heavy atom. The van der Waals surface area contributed by atoms with Crippen LogP contribution in [0.15, 0.2) is 49.6 Å². The highest BCUT2D eigenvalue weighted by Gasteiger charge is 2.13. The molecule has 19 heavy (non-hydrogen) atoms. The summed E-state index contributed by atoms with van der Waals surface area (Å²) in [6.45, 7) is 7.56. The van der Waals surface area contributed by atoms with Crippen LogP contribution in [0.25, 0.3) is 0 Å². The van der Waals surface area contributed by atoms with Gasteiger partial charge in [-0.2, -0.15) is 0 Å². The molecule has 5 nitrogen and oxygen atoms in total. The van der Waals surface area contributed by atoms with E-state index in [2.05, 4.69) is 18.6 Å². The summed E-state index contributed by atoms with van der Waals surface area (Å²) in [5, 5.41) is 20.8. The number of phenols is 1. The molecule has 0 saturated heterocycles. The van der Waals surface area contributed by atoms with Crippen molar-refractivity contribution in [3.63, 3.8) is 0 Å². The molecular formula is C14H18N2O3. The van der Waals surface area contributed by atoms with Gasteiger partial charge in [-0.15, -0.1) is 6.58 Å². The molecule has 0 aliphatic rings. The second-order valence-electron chi connectivity index (χ2n) is 3.98. The lowest BCUT2D eigenvalue weighted by molar-refractivity contribution is -0.121. The molecule has 102 valence electrons. The Morgan fingerprint density at radius 3 is 2.53 bits per heavy atom. The smallest absolute Gasteiger partial charge is 0.257 e. The number of nitrogens with one attached hydrogen (secondary N) is 1. The molecule has 0 radical (unpaired) electrons. The summed E-state index contributed by atoms with van der Waals surface area (Å²) >= 11 is 0. The summed E-state index contributed by atoms with van der Waals surface area (Å²) in [6.07, 6.45) is 1.99. The molecule has 0 saturated carbocycles. The van der Waals surface area contributed by atoms with E-state index in [1.54, 1.807) is 18.2 Å². The third kappa shape index (κ3) is 4.95. The zero-order chi connectivity index (χ0) is 14.3. The van der Waals surface area contributed by atoms with Crippen LogP contribution >= 0.6 is 0 Å². The van der Waals surface area contributed by atoms with E-state index in [1.165, 1.54) is 17.1 Å². The Morgan fingerprint density at radius 2 is 2.00 bits per heavy atom. The van der Waals surface area contributed by atoms with E-state index >= 15 is 0 Å². The molecule has 1 atom stereocenters. The van der Waals surface area contributed by atoms with Gasteiger partial charge < -0.3 is 10.2 Å². The monoisotopic (exact) mass is 262 g/mol. The van der Waals surface area contributed by atoms with E-state index in [-0.39, 0.29) is 18.2 Å². The molecule has 1 aromatic rings. The number of hydrogen-bond donors (Lipinski definition) is 3. The van der Waals surface area contributed by atoms with Crippen molar-refractivity contribution in [3.8, 4) is 5.75 Å². The van der Waals surface area contributed by atoms with Crippen molar-refractivity contribution in [1.29, 1.82) is 0 Å². The molecule has 0 aliphatic heterocycles. The van der Waals surface area contributed by atoms with Gasteiger partial charge in [0.1, 0.15) is 5.75 Å². The average molecular weight is 262 g/mol. The van der Waals surface area contributed by atoms with Gasteiger partial charge in [0, 0.05) is 13.1 Å². The summed E-state index contributed by atoms with van der Waals surface area (Å²) in [5.74, 6) is -0.210. The second-order valence-corrected chi connectivity index (χ2v) is 3.98. The van der Waals surface area contributed by atoms with Crippen LogP contribution in [0.5, 0.6) is 5.75 Å². The van der Waals surface area contributed by atoms with Crippen LogP contribution < -0.4 is 5.43 Å². The number of amides is 1. The number of phenolic OH excluding ortho intramolecular Hbond substituents is 1. The molecule has 0 aromatic heterocycles. The predicted octanol–water partition coefficient (Wildman–Crippen LogP) is 1.13. The second kappa shape index (κ2) is 7.35. The molecule has 1 amide bonds. The fourth-order valence-electron chi connectivity index (χ4n) is 1.53. The minimum atomic E-state index is -0.786. The van der Waals surface area contributed by atoms with Gasteiger partial charge in [0.05, 0.1) is 6.10 Å². The zero-order valence-corrected chi connectivity index (χ0v) is 10.6. The van der Waals surface area contributed by atoms with Crippen molar-refractivity contribution in [2.45, 2.75) is 6.10 Å². The maximum absolute atomic E-state index is 11.2. The first-order chi connectivity index (χ1) is 9.06. The summed E-state index contributed by atoms with van der Waals surface area (Å²) in [5.41, 5.74) is 3.23. The van der Waals surface area contributed by atoms with Crippen molar-refractivity contribution >= 4 is 5.91 Å². The Balaban J connectivity index is 2.66. The minimum Gasteiger partial charge on any atom is -0.508 e. The summed E-state index contributed by atoms with van der Waals surface area (Å²) in [4.78, 5) is 11.2. The van der Waals surface area contributed by atoms with Gasteiger partial charge in [-0.3, -0.25) is 10.2 Å². The van der Waals surface area contributed by atoms with E-state index in [0.29, 0.717) is 12.1 Å². The van der Waals surface area contributed by atoms with Crippen LogP contribution in [-0.4, -0.2) is 34.2 Å². The molecule has 1 aromatic carbocycles. The maximum Gasteiger partial charge on any atom is 0.257 e. The van der Waals surface area contributed by atoms with Crippen molar-refractivity contribution in [2.24, 2.45) is 0 Å². The van der Waals surface area contributed by atoms with Gasteiger partial charge >= 0.3 is 0 Å². The highest BCUT2D eigenvalue weighted by molar-refractivity contribution is 5.86. The fourth-order valence-corrected chi connectivity index (χ4v) is 1.53. The first-order valence-electron chi connectivity index (χ1n) is 5.82. The fraction of sp³-hybridized carbons (Fsp3) is 0.214. The first-order valence-corrected chi connectivity index (χ1v) is 5.82. The standard InChI is InChI=1S/C14H18N2O3/c1-3-9-16(15-14(19)4-2)10-13(18)11-5-7-12(17)8-6-11/h3-8,13,17-18H,1-2,9-10H2,(H,15,19). The highest BCUT2D eigenvalue weighted by Crippen LogP contribution is 2.17. The number of nitrogens with zero attached hydrogens (tertiary/aromatic N) is 1. The third-order valence-electron chi connectivity index (χ3n) is 2.47. The molecule has 0 fully saturated rings. The van der Waals surface area contributed by atoms with Gasteiger partial charge in [-0.1, -0.05) is 24.8 Å². The molecule has 5 heteroatoms. The predicted molar refractivity (Wildman–Crippen MR) is 73.2 cm³/mol. The van der Waals surface area contributed by atoms with Crippen LogP contribution in [-0.2, 0) is 4.79 Å². The Bertz CT molecular complexity index is 443. The first kappa shape index (κ1) is 14.9.